The fraction of sp³-hybridized carbons (Fsp3) is 0.222. The van der Waals surface area contributed by atoms with E-state index in [1.165, 1.54) is 11.8 Å². The lowest BCUT2D eigenvalue weighted by Crippen LogP contribution is -2.11. The molecule has 5 heteroatoms. The maximum absolute atomic E-state index is 10.6. The standard InChI is InChI=1S/C9H10ClNO2S/c1-5(9(12)13)14-8-4-6(11)2-3-7(8)10/h2-5H,11H2,1H3,(H,12,13). The number of nitrogens with two attached hydrogens (primary N) is 1. The van der Waals surface area contributed by atoms with Crippen molar-refractivity contribution in [2.75, 3.05) is 5.73 Å². The van der Waals surface area contributed by atoms with E-state index in [-0.39, 0.29) is 0 Å². The zero-order valence-corrected chi connectivity index (χ0v) is 9.10. The predicted octanol–water partition coefficient (Wildman–Crippen LogP) is 2.49. The Morgan fingerprint density at radius 3 is 2.86 bits per heavy atom. The molecular formula is C9H10ClNO2S. The maximum atomic E-state index is 10.6. The normalized spacial score (nSPS) is 12.4. The lowest BCUT2D eigenvalue weighted by atomic mass is 10.3. The second-order valence-corrected chi connectivity index (χ2v) is 4.58. The Balaban J connectivity index is 2.85. The van der Waals surface area contributed by atoms with E-state index >= 15 is 0 Å². The Labute approximate surface area is 91.2 Å². The van der Waals surface area contributed by atoms with Crippen molar-refractivity contribution >= 4 is 35.0 Å². The average Bonchev–Trinajstić information content (AvgIpc) is 2.11. The first-order valence-electron chi connectivity index (χ1n) is 3.95. The minimum atomic E-state index is -0.867. The van der Waals surface area contributed by atoms with Gasteiger partial charge in [-0.2, -0.15) is 0 Å². The second-order valence-electron chi connectivity index (χ2n) is 2.79. The summed E-state index contributed by atoms with van der Waals surface area (Å²) in [6.45, 7) is 1.60. The fourth-order valence-corrected chi connectivity index (χ4v) is 1.97. The first-order chi connectivity index (χ1) is 6.50. The third-order valence-electron chi connectivity index (χ3n) is 1.61. The molecule has 3 nitrogen and oxygen atoms in total. The van der Waals surface area contributed by atoms with E-state index in [9.17, 15) is 4.79 Å². The SMILES string of the molecule is CC(Sc1cc(N)ccc1Cl)C(=O)O. The number of thioether (sulfide) groups is 1. The first kappa shape index (κ1) is 11.2. The summed E-state index contributed by atoms with van der Waals surface area (Å²) < 4.78 is 0. The Morgan fingerprint density at radius 2 is 2.29 bits per heavy atom. The molecule has 0 saturated carbocycles. The molecule has 1 aromatic rings. The van der Waals surface area contributed by atoms with Gasteiger partial charge in [0.05, 0.1) is 5.02 Å². The Morgan fingerprint density at radius 1 is 1.64 bits per heavy atom. The zero-order valence-electron chi connectivity index (χ0n) is 7.53. The molecule has 0 aromatic heterocycles. The molecule has 0 heterocycles. The Kier molecular flexibility index (Phi) is 3.66. The number of hydrogen-bond donors (Lipinski definition) is 2. The van der Waals surface area contributed by atoms with Gasteiger partial charge in [0.25, 0.3) is 0 Å². The Hall–Kier alpha value is -0.870. The predicted molar refractivity (Wildman–Crippen MR) is 58.8 cm³/mol. The molecule has 0 aliphatic heterocycles. The molecule has 1 unspecified atom stereocenters. The molecule has 0 fully saturated rings. The van der Waals surface area contributed by atoms with Crippen LogP contribution in [0.3, 0.4) is 0 Å². The minimum Gasteiger partial charge on any atom is -0.480 e. The summed E-state index contributed by atoms with van der Waals surface area (Å²) in [6, 6.07) is 5.01. The van der Waals surface area contributed by atoms with Crippen LogP contribution in [0.2, 0.25) is 5.02 Å². The van der Waals surface area contributed by atoms with Crippen molar-refractivity contribution in [3.05, 3.63) is 23.2 Å². The number of carboxylic acid groups (broad SMARTS) is 1. The largest absolute Gasteiger partial charge is 0.480 e. The molecule has 0 aliphatic rings. The van der Waals surface area contributed by atoms with Crippen molar-refractivity contribution in [3.63, 3.8) is 0 Å². The van der Waals surface area contributed by atoms with Gasteiger partial charge in [-0.3, -0.25) is 4.79 Å². The van der Waals surface area contributed by atoms with Crippen LogP contribution in [0.5, 0.6) is 0 Å². The number of carbonyl (C=O) groups is 1. The van der Waals surface area contributed by atoms with E-state index in [1.54, 1.807) is 25.1 Å². The van der Waals surface area contributed by atoms with Crippen LogP contribution in [0, 0.1) is 0 Å². The smallest absolute Gasteiger partial charge is 0.316 e. The number of benzene rings is 1. The summed E-state index contributed by atoms with van der Waals surface area (Å²) in [6.07, 6.45) is 0. The van der Waals surface area contributed by atoms with Crippen LogP contribution in [0.1, 0.15) is 6.92 Å². The molecule has 0 saturated heterocycles. The Bertz CT molecular complexity index is 357. The number of aliphatic carboxylic acids is 1. The highest BCUT2D eigenvalue weighted by atomic mass is 35.5. The van der Waals surface area contributed by atoms with Gasteiger partial charge in [-0.15, -0.1) is 11.8 Å². The highest BCUT2D eigenvalue weighted by Crippen LogP contribution is 2.31. The summed E-state index contributed by atoms with van der Waals surface area (Å²) in [7, 11) is 0. The molecule has 0 aliphatic carbocycles. The molecule has 1 aromatic carbocycles. The lowest BCUT2D eigenvalue weighted by Gasteiger charge is -2.08. The molecule has 0 amide bonds. The van der Waals surface area contributed by atoms with E-state index in [1.807, 2.05) is 0 Å². The first-order valence-corrected chi connectivity index (χ1v) is 5.21. The van der Waals surface area contributed by atoms with Crippen LogP contribution in [0.25, 0.3) is 0 Å². The minimum absolute atomic E-state index is 0.525. The van der Waals surface area contributed by atoms with Crippen LogP contribution in [0.4, 0.5) is 5.69 Å². The van der Waals surface area contributed by atoms with Gasteiger partial charge in [0.2, 0.25) is 0 Å². The van der Waals surface area contributed by atoms with Crippen molar-refractivity contribution in [3.8, 4) is 0 Å². The van der Waals surface area contributed by atoms with E-state index in [2.05, 4.69) is 0 Å². The van der Waals surface area contributed by atoms with Gasteiger partial charge in [-0.05, 0) is 25.1 Å². The lowest BCUT2D eigenvalue weighted by molar-refractivity contribution is -0.136. The number of nitrogen functional groups attached to an aromatic ring is 1. The van der Waals surface area contributed by atoms with Crippen LogP contribution in [-0.4, -0.2) is 16.3 Å². The maximum Gasteiger partial charge on any atom is 0.316 e. The number of carboxylic acids is 1. The number of halogens is 1. The number of rotatable bonds is 3. The molecule has 0 bridgehead atoms. The summed E-state index contributed by atoms with van der Waals surface area (Å²) in [5.74, 6) is -0.867. The molecule has 76 valence electrons. The molecule has 1 atom stereocenters. The topological polar surface area (TPSA) is 63.3 Å². The third kappa shape index (κ3) is 2.82. The molecule has 14 heavy (non-hydrogen) atoms. The van der Waals surface area contributed by atoms with Gasteiger partial charge in [-0.1, -0.05) is 11.6 Å². The quantitative estimate of drug-likeness (QED) is 0.620. The summed E-state index contributed by atoms with van der Waals surface area (Å²) >= 11 is 7.06. The highest BCUT2D eigenvalue weighted by molar-refractivity contribution is 8.00. The van der Waals surface area contributed by atoms with E-state index in [4.69, 9.17) is 22.4 Å². The van der Waals surface area contributed by atoms with Crippen LogP contribution < -0.4 is 5.73 Å². The van der Waals surface area contributed by atoms with Gasteiger partial charge in [-0.25, -0.2) is 0 Å². The van der Waals surface area contributed by atoms with Crippen molar-refractivity contribution in [1.82, 2.24) is 0 Å². The molecule has 0 radical (unpaired) electrons. The van der Waals surface area contributed by atoms with Gasteiger partial charge < -0.3 is 10.8 Å². The number of anilines is 1. The number of hydrogen-bond acceptors (Lipinski definition) is 3. The van der Waals surface area contributed by atoms with Gasteiger partial charge >= 0.3 is 5.97 Å². The molecule has 1 rings (SSSR count). The average molecular weight is 232 g/mol. The highest BCUT2D eigenvalue weighted by Gasteiger charge is 2.14. The van der Waals surface area contributed by atoms with Gasteiger partial charge in [0.1, 0.15) is 5.25 Å². The van der Waals surface area contributed by atoms with E-state index in [0.717, 1.165) is 0 Å². The van der Waals surface area contributed by atoms with E-state index in [0.29, 0.717) is 15.6 Å². The molecular weight excluding hydrogens is 222 g/mol. The van der Waals surface area contributed by atoms with Crippen LogP contribution >= 0.6 is 23.4 Å². The third-order valence-corrected chi connectivity index (χ3v) is 3.20. The van der Waals surface area contributed by atoms with Crippen LogP contribution in [-0.2, 0) is 4.79 Å². The summed E-state index contributed by atoms with van der Waals surface area (Å²) in [5, 5.41) is 8.70. The fourth-order valence-electron chi connectivity index (χ4n) is 0.851. The second kappa shape index (κ2) is 4.57. The van der Waals surface area contributed by atoms with Gasteiger partial charge in [0, 0.05) is 10.6 Å². The van der Waals surface area contributed by atoms with Crippen molar-refractivity contribution in [1.29, 1.82) is 0 Å². The van der Waals surface area contributed by atoms with E-state index < -0.39 is 11.2 Å². The van der Waals surface area contributed by atoms with Crippen LogP contribution in [0.15, 0.2) is 23.1 Å². The monoisotopic (exact) mass is 231 g/mol. The summed E-state index contributed by atoms with van der Waals surface area (Å²) in [5.41, 5.74) is 6.14. The van der Waals surface area contributed by atoms with Gasteiger partial charge in [0.15, 0.2) is 0 Å². The molecule has 3 N–H and O–H groups in total. The molecule has 0 spiro atoms. The van der Waals surface area contributed by atoms with Crippen molar-refractivity contribution in [2.45, 2.75) is 17.1 Å². The zero-order chi connectivity index (χ0) is 10.7. The van der Waals surface area contributed by atoms with Crippen molar-refractivity contribution in [2.24, 2.45) is 0 Å². The summed E-state index contributed by atoms with van der Waals surface area (Å²) in [4.78, 5) is 11.3. The van der Waals surface area contributed by atoms with Crippen molar-refractivity contribution < 1.29 is 9.90 Å².